The van der Waals surface area contributed by atoms with Gasteiger partial charge in [0.15, 0.2) is 0 Å². The van der Waals surface area contributed by atoms with Gasteiger partial charge in [0.25, 0.3) is 5.91 Å². The van der Waals surface area contributed by atoms with Crippen LogP contribution >= 0.6 is 0 Å². The van der Waals surface area contributed by atoms with E-state index in [2.05, 4.69) is 15.3 Å². The summed E-state index contributed by atoms with van der Waals surface area (Å²) in [5, 5.41) is 2.91. The smallest absolute Gasteiger partial charge is 0.274 e. The predicted octanol–water partition coefficient (Wildman–Crippen LogP) is 3.50. The summed E-state index contributed by atoms with van der Waals surface area (Å²) in [6, 6.07) is 7.58. The molecule has 1 aromatic heterocycles. The number of hydrogen-bond donors (Lipinski definition) is 1. The molecule has 0 unspecified atom stereocenters. The first-order chi connectivity index (χ1) is 10.9. The standard InChI is InChI=1S/C18H24N4O/c1-6-22(7-2)18-19-14(5)11-16(21-18)17(23)20-15-9-8-12(3)13(4)10-15/h8-11H,6-7H2,1-5H3,(H,20,23). The highest BCUT2D eigenvalue weighted by atomic mass is 16.1. The van der Waals surface area contributed by atoms with Crippen LogP contribution in [0.1, 0.15) is 41.2 Å². The number of aromatic nitrogens is 2. The first kappa shape index (κ1) is 16.9. The van der Waals surface area contributed by atoms with Crippen LogP contribution in [0.4, 0.5) is 11.6 Å². The molecular weight excluding hydrogens is 288 g/mol. The minimum absolute atomic E-state index is 0.216. The van der Waals surface area contributed by atoms with Crippen LogP contribution < -0.4 is 10.2 Å². The van der Waals surface area contributed by atoms with E-state index in [4.69, 9.17) is 0 Å². The number of nitrogens with one attached hydrogen (secondary N) is 1. The fourth-order valence-corrected chi connectivity index (χ4v) is 2.33. The van der Waals surface area contributed by atoms with E-state index in [9.17, 15) is 4.79 Å². The van der Waals surface area contributed by atoms with E-state index in [1.54, 1.807) is 6.07 Å². The van der Waals surface area contributed by atoms with E-state index in [-0.39, 0.29) is 5.91 Å². The van der Waals surface area contributed by atoms with Gasteiger partial charge in [0, 0.05) is 24.5 Å². The Balaban J connectivity index is 2.26. The molecule has 0 radical (unpaired) electrons. The Labute approximate surface area is 137 Å². The molecule has 2 rings (SSSR count). The van der Waals surface area contributed by atoms with Crippen molar-refractivity contribution in [3.8, 4) is 0 Å². The number of hydrogen-bond acceptors (Lipinski definition) is 4. The van der Waals surface area contributed by atoms with Gasteiger partial charge in [-0.3, -0.25) is 4.79 Å². The molecular formula is C18H24N4O. The Morgan fingerprint density at radius 1 is 1.04 bits per heavy atom. The Morgan fingerprint density at radius 2 is 1.74 bits per heavy atom. The largest absolute Gasteiger partial charge is 0.341 e. The van der Waals surface area contributed by atoms with E-state index < -0.39 is 0 Å². The van der Waals surface area contributed by atoms with Crippen LogP contribution in [0.15, 0.2) is 24.3 Å². The van der Waals surface area contributed by atoms with Crippen molar-refractivity contribution < 1.29 is 4.79 Å². The van der Waals surface area contributed by atoms with E-state index in [1.165, 1.54) is 5.56 Å². The number of anilines is 2. The molecule has 1 amide bonds. The molecule has 0 aliphatic heterocycles. The molecule has 23 heavy (non-hydrogen) atoms. The maximum Gasteiger partial charge on any atom is 0.274 e. The Hall–Kier alpha value is -2.43. The summed E-state index contributed by atoms with van der Waals surface area (Å²) in [6.07, 6.45) is 0. The van der Waals surface area contributed by atoms with Crippen LogP contribution in [0, 0.1) is 20.8 Å². The number of carbonyl (C=O) groups excluding carboxylic acids is 1. The number of carbonyl (C=O) groups is 1. The topological polar surface area (TPSA) is 58.1 Å². The number of aryl methyl sites for hydroxylation is 3. The average Bonchev–Trinajstić information content (AvgIpc) is 2.51. The number of rotatable bonds is 5. The molecule has 1 aromatic carbocycles. The summed E-state index contributed by atoms with van der Waals surface area (Å²) in [6.45, 7) is 11.6. The molecule has 1 heterocycles. The lowest BCUT2D eigenvalue weighted by molar-refractivity contribution is 0.102. The quantitative estimate of drug-likeness (QED) is 0.918. The van der Waals surface area contributed by atoms with Gasteiger partial charge in [0.05, 0.1) is 0 Å². The molecule has 0 bridgehead atoms. The molecule has 0 aliphatic rings. The lowest BCUT2D eigenvalue weighted by atomic mass is 10.1. The minimum Gasteiger partial charge on any atom is -0.341 e. The fourth-order valence-electron chi connectivity index (χ4n) is 2.33. The molecule has 0 fully saturated rings. The second-order valence-electron chi connectivity index (χ2n) is 5.62. The number of benzene rings is 1. The second-order valence-corrected chi connectivity index (χ2v) is 5.62. The van der Waals surface area contributed by atoms with Gasteiger partial charge in [0.2, 0.25) is 5.95 Å². The highest BCUT2D eigenvalue weighted by Crippen LogP contribution is 2.16. The number of amides is 1. The van der Waals surface area contributed by atoms with Crippen molar-refractivity contribution in [3.05, 3.63) is 46.8 Å². The van der Waals surface area contributed by atoms with Crippen LogP contribution in [-0.4, -0.2) is 29.0 Å². The van der Waals surface area contributed by atoms with Gasteiger partial charge in [-0.2, -0.15) is 0 Å². The third-order valence-electron chi connectivity index (χ3n) is 3.89. The van der Waals surface area contributed by atoms with Crippen molar-refractivity contribution in [1.82, 2.24) is 9.97 Å². The zero-order chi connectivity index (χ0) is 17.0. The molecule has 0 aliphatic carbocycles. The highest BCUT2D eigenvalue weighted by molar-refractivity contribution is 6.03. The van der Waals surface area contributed by atoms with Gasteiger partial charge in [-0.25, -0.2) is 9.97 Å². The molecule has 122 valence electrons. The maximum atomic E-state index is 12.5. The van der Waals surface area contributed by atoms with Crippen molar-refractivity contribution in [2.24, 2.45) is 0 Å². The van der Waals surface area contributed by atoms with Crippen molar-refractivity contribution >= 4 is 17.5 Å². The highest BCUT2D eigenvalue weighted by Gasteiger charge is 2.14. The fraction of sp³-hybridized carbons (Fsp3) is 0.389. The summed E-state index contributed by atoms with van der Waals surface area (Å²) >= 11 is 0. The Bertz CT molecular complexity index is 708. The Kier molecular flexibility index (Phi) is 5.32. The Morgan fingerprint density at radius 3 is 2.35 bits per heavy atom. The monoisotopic (exact) mass is 312 g/mol. The molecule has 0 spiro atoms. The summed E-state index contributed by atoms with van der Waals surface area (Å²) in [5.74, 6) is 0.382. The van der Waals surface area contributed by atoms with Crippen LogP contribution in [0.2, 0.25) is 0 Å². The minimum atomic E-state index is -0.216. The molecule has 0 saturated heterocycles. The van der Waals surface area contributed by atoms with Gasteiger partial charge in [-0.05, 0) is 63.9 Å². The molecule has 1 N–H and O–H groups in total. The van der Waals surface area contributed by atoms with Crippen molar-refractivity contribution in [2.45, 2.75) is 34.6 Å². The molecule has 5 heteroatoms. The van der Waals surface area contributed by atoms with Crippen molar-refractivity contribution in [2.75, 3.05) is 23.3 Å². The van der Waals surface area contributed by atoms with Crippen LogP contribution in [0.3, 0.4) is 0 Å². The first-order valence-corrected chi connectivity index (χ1v) is 7.93. The normalized spacial score (nSPS) is 10.5. The van der Waals surface area contributed by atoms with Crippen molar-refractivity contribution in [1.29, 1.82) is 0 Å². The lowest BCUT2D eigenvalue weighted by Gasteiger charge is -2.19. The van der Waals surface area contributed by atoms with Gasteiger partial charge in [-0.1, -0.05) is 6.07 Å². The molecule has 5 nitrogen and oxygen atoms in total. The predicted molar refractivity (Wildman–Crippen MR) is 94.2 cm³/mol. The van der Waals surface area contributed by atoms with Gasteiger partial charge in [0.1, 0.15) is 5.69 Å². The van der Waals surface area contributed by atoms with E-state index in [0.717, 1.165) is 30.0 Å². The summed E-state index contributed by atoms with van der Waals surface area (Å²) < 4.78 is 0. The third-order valence-corrected chi connectivity index (χ3v) is 3.89. The first-order valence-electron chi connectivity index (χ1n) is 7.93. The maximum absolute atomic E-state index is 12.5. The van der Waals surface area contributed by atoms with Crippen LogP contribution in [0.5, 0.6) is 0 Å². The van der Waals surface area contributed by atoms with E-state index in [1.807, 2.05) is 57.7 Å². The van der Waals surface area contributed by atoms with Crippen LogP contribution in [0.25, 0.3) is 0 Å². The molecule has 0 atom stereocenters. The number of nitrogens with zero attached hydrogens (tertiary/aromatic N) is 3. The second kappa shape index (κ2) is 7.22. The molecule has 2 aromatic rings. The van der Waals surface area contributed by atoms with Crippen LogP contribution in [-0.2, 0) is 0 Å². The summed E-state index contributed by atoms with van der Waals surface area (Å²) in [7, 11) is 0. The van der Waals surface area contributed by atoms with Gasteiger partial charge < -0.3 is 10.2 Å². The third kappa shape index (κ3) is 4.06. The lowest BCUT2D eigenvalue weighted by Crippen LogP contribution is -2.26. The van der Waals surface area contributed by atoms with Gasteiger partial charge in [-0.15, -0.1) is 0 Å². The van der Waals surface area contributed by atoms with E-state index >= 15 is 0 Å². The summed E-state index contributed by atoms with van der Waals surface area (Å²) in [4.78, 5) is 23.4. The zero-order valence-corrected chi connectivity index (χ0v) is 14.5. The SMILES string of the molecule is CCN(CC)c1nc(C)cc(C(=O)Nc2ccc(C)c(C)c2)n1. The van der Waals surface area contributed by atoms with Gasteiger partial charge >= 0.3 is 0 Å². The van der Waals surface area contributed by atoms with Crippen molar-refractivity contribution in [3.63, 3.8) is 0 Å². The van der Waals surface area contributed by atoms with E-state index in [0.29, 0.717) is 11.6 Å². The summed E-state index contributed by atoms with van der Waals surface area (Å²) in [5.41, 5.74) is 4.29. The zero-order valence-electron chi connectivity index (χ0n) is 14.5. The molecule has 0 saturated carbocycles. The average molecular weight is 312 g/mol.